The lowest BCUT2D eigenvalue weighted by Gasteiger charge is -2.46. The van der Waals surface area contributed by atoms with Crippen molar-refractivity contribution in [3.63, 3.8) is 0 Å². The van der Waals surface area contributed by atoms with E-state index < -0.39 is 36.2 Å². The Morgan fingerprint density at radius 3 is 2.50 bits per heavy atom. The van der Waals surface area contributed by atoms with Gasteiger partial charge < -0.3 is 24.8 Å². The largest absolute Gasteiger partial charge is 0.427 e. The van der Waals surface area contributed by atoms with Crippen molar-refractivity contribution in [3.8, 4) is 0 Å². The summed E-state index contributed by atoms with van der Waals surface area (Å²) in [5, 5.41) is 12.7. The lowest BCUT2D eigenvalue weighted by atomic mass is 9.79. The van der Waals surface area contributed by atoms with E-state index in [4.69, 9.17) is 9.47 Å². The Hall–Kier alpha value is -2.07. The van der Waals surface area contributed by atoms with Crippen LogP contribution in [0.2, 0.25) is 0 Å². The number of nitrogens with zero attached hydrogens (tertiary/aromatic N) is 1. The fourth-order valence-corrected chi connectivity index (χ4v) is 5.34. The molecule has 9 nitrogen and oxygen atoms in total. The van der Waals surface area contributed by atoms with Gasteiger partial charge in [-0.15, -0.1) is 11.8 Å². The Labute approximate surface area is 179 Å². The summed E-state index contributed by atoms with van der Waals surface area (Å²) >= 11 is 1.38. The number of carbonyl (C=O) groups is 4. The molecular formula is C20H28N2O7S. The van der Waals surface area contributed by atoms with Crippen molar-refractivity contribution in [2.75, 3.05) is 13.3 Å². The van der Waals surface area contributed by atoms with Gasteiger partial charge >= 0.3 is 11.9 Å². The molecule has 166 valence electrons. The summed E-state index contributed by atoms with van der Waals surface area (Å²) in [6.07, 6.45) is -0.518. The molecule has 0 saturated carbocycles. The van der Waals surface area contributed by atoms with Gasteiger partial charge in [0.05, 0.1) is 23.5 Å². The van der Waals surface area contributed by atoms with Crippen LogP contribution in [-0.4, -0.2) is 64.5 Å². The van der Waals surface area contributed by atoms with E-state index in [1.165, 1.54) is 16.7 Å². The van der Waals surface area contributed by atoms with Crippen molar-refractivity contribution < 1.29 is 33.8 Å². The summed E-state index contributed by atoms with van der Waals surface area (Å²) < 4.78 is 10.2. The number of aliphatic hydroxyl groups is 1. The maximum absolute atomic E-state index is 12.9. The van der Waals surface area contributed by atoms with Crippen molar-refractivity contribution in [2.45, 2.75) is 58.4 Å². The number of hydrogen-bond donors (Lipinski definition) is 2. The molecule has 0 aromatic carbocycles. The van der Waals surface area contributed by atoms with Crippen LogP contribution in [0.25, 0.3) is 0 Å². The van der Waals surface area contributed by atoms with Crippen molar-refractivity contribution in [2.24, 2.45) is 17.3 Å². The van der Waals surface area contributed by atoms with Gasteiger partial charge in [0.1, 0.15) is 5.70 Å². The Bertz CT molecular complexity index is 801. The van der Waals surface area contributed by atoms with E-state index in [1.807, 2.05) is 6.92 Å². The number of hydrogen-bond acceptors (Lipinski definition) is 8. The third-order valence-corrected chi connectivity index (χ3v) is 7.01. The SMILES string of the molecule is CC(O)C1C(=O)N2C(C(=O)OCOC(=O)C(C)(C)C)=C(SC3CNC(=O)C3)C(C)[C@@H]12. The van der Waals surface area contributed by atoms with Crippen molar-refractivity contribution in [1.29, 1.82) is 0 Å². The molecular weight excluding hydrogens is 412 g/mol. The van der Waals surface area contributed by atoms with Crippen LogP contribution in [0.4, 0.5) is 0 Å². The number of ether oxygens (including phenoxy) is 2. The number of β-lactam (4-membered cyclic amide) rings is 1. The first-order valence-electron chi connectivity index (χ1n) is 9.96. The van der Waals surface area contributed by atoms with Crippen LogP contribution in [0.5, 0.6) is 0 Å². The third kappa shape index (κ3) is 4.07. The molecule has 0 aromatic heterocycles. The zero-order valence-corrected chi connectivity index (χ0v) is 18.6. The molecule has 2 N–H and O–H groups in total. The topological polar surface area (TPSA) is 122 Å². The molecule has 10 heteroatoms. The van der Waals surface area contributed by atoms with Crippen LogP contribution in [0, 0.1) is 17.3 Å². The highest BCUT2D eigenvalue weighted by Gasteiger charge is 2.60. The summed E-state index contributed by atoms with van der Waals surface area (Å²) in [5.41, 5.74) is -0.620. The van der Waals surface area contributed by atoms with Gasteiger partial charge in [-0.3, -0.25) is 14.4 Å². The first kappa shape index (κ1) is 22.6. The Morgan fingerprint density at radius 1 is 1.30 bits per heavy atom. The van der Waals surface area contributed by atoms with E-state index in [0.29, 0.717) is 17.9 Å². The average Bonchev–Trinajstić information content (AvgIpc) is 3.14. The summed E-state index contributed by atoms with van der Waals surface area (Å²) in [6, 6.07) is -0.343. The molecule has 3 rings (SSSR count). The molecule has 2 amide bonds. The minimum Gasteiger partial charge on any atom is -0.427 e. The predicted octanol–water partition coefficient (Wildman–Crippen LogP) is 0.767. The molecule has 2 saturated heterocycles. The first-order chi connectivity index (χ1) is 13.9. The molecule has 0 aliphatic carbocycles. The molecule has 0 aromatic rings. The number of fused-ring (bicyclic) bond motifs is 1. The molecule has 2 fully saturated rings. The Kier molecular flexibility index (Phi) is 6.20. The minimum absolute atomic E-state index is 0.0572. The average molecular weight is 441 g/mol. The second-order valence-electron chi connectivity index (χ2n) is 8.95. The van der Waals surface area contributed by atoms with Gasteiger partial charge in [0.2, 0.25) is 18.6 Å². The fourth-order valence-electron chi connectivity index (χ4n) is 3.93. The highest BCUT2D eigenvalue weighted by molar-refractivity contribution is 8.03. The van der Waals surface area contributed by atoms with Gasteiger partial charge in [0.15, 0.2) is 0 Å². The highest BCUT2D eigenvalue weighted by Crippen LogP contribution is 2.51. The standard InChI is InChI=1S/C20H28N2O7S/c1-9-14-13(10(2)23)17(25)22(14)15(16(9)30-11-6-12(24)21-7-11)18(26)28-8-29-19(27)20(3,4)5/h9-11,13-14,23H,6-8H2,1-5H3,(H,21,24)/t9?,10?,11?,13?,14-/m0/s1. The van der Waals surface area contributed by atoms with Crippen LogP contribution in [-0.2, 0) is 28.7 Å². The number of carbonyl (C=O) groups excluding carboxylic acids is 4. The van der Waals surface area contributed by atoms with Gasteiger partial charge in [-0.25, -0.2) is 4.79 Å². The summed E-state index contributed by atoms with van der Waals surface area (Å²) in [6.45, 7) is 8.42. The predicted molar refractivity (Wildman–Crippen MR) is 108 cm³/mol. The molecule has 0 radical (unpaired) electrons. The molecule has 0 spiro atoms. The van der Waals surface area contributed by atoms with Gasteiger partial charge in [0, 0.05) is 29.0 Å². The van der Waals surface area contributed by atoms with E-state index in [9.17, 15) is 24.3 Å². The molecule has 3 heterocycles. The molecule has 3 aliphatic rings. The number of aliphatic hydroxyl groups excluding tert-OH is 1. The maximum Gasteiger partial charge on any atom is 0.358 e. The van der Waals surface area contributed by atoms with E-state index in [-0.39, 0.29) is 34.7 Å². The monoisotopic (exact) mass is 440 g/mol. The molecule has 4 unspecified atom stereocenters. The quantitative estimate of drug-likeness (QED) is 0.353. The third-order valence-electron chi connectivity index (χ3n) is 5.53. The molecule has 3 aliphatic heterocycles. The first-order valence-corrected chi connectivity index (χ1v) is 10.8. The zero-order chi connectivity index (χ0) is 22.4. The zero-order valence-electron chi connectivity index (χ0n) is 17.8. The van der Waals surface area contributed by atoms with Crippen molar-refractivity contribution in [1.82, 2.24) is 10.2 Å². The van der Waals surface area contributed by atoms with Crippen LogP contribution in [0.3, 0.4) is 0 Å². The van der Waals surface area contributed by atoms with Crippen molar-refractivity contribution in [3.05, 3.63) is 10.6 Å². The van der Waals surface area contributed by atoms with Crippen LogP contribution < -0.4 is 5.32 Å². The van der Waals surface area contributed by atoms with Gasteiger partial charge in [-0.05, 0) is 27.7 Å². The minimum atomic E-state index is -0.842. The Balaban J connectivity index is 1.78. The highest BCUT2D eigenvalue weighted by atomic mass is 32.2. The lowest BCUT2D eigenvalue weighted by Crippen LogP contribution is -2.63. The normalized spacial score (nSPS) is 29.3. The summed E-state index contributed by atoms with van der Waals surface area (Å²) in [7, 11) is 0. The van der Waals surface area contributed by atoms with Crippen LogP contribution >= 0.6 is 11.8 Å². The van der Waals surface area contributed by atoms with E-state index >= 15 is 0 Å². The van der Waals surface area contributed by atoms with Gasteiger partial charge in [0.25, 0.3) is 0 Å². The van der Waals surface area contributed by atoms with Crippen LogP contribution in [0.1, 0.15) is 41.0 Å². The second-order valence-corrected chi connectivity index (χ2v) is 10.3. The van der Waals surface area contributed by atoms with Gasteiger partial charge in [-0.1, -0.05) is 6.92 Å². The fraction of sp³-hybridized carbons (Fsp3) is 0.700. The molecule has 30 heavy (non-hydrogen) atoms. The number of thioether (sulfide) groups is 1. The van der Waals surface area contributed by atoms with Crippen molar-refractivity contribution >= 4 is 35.5 Å². The number of amides is 2. The van der Waals surface area contributed by atoms with E-state index in [1.54, 1.807) is 27.7 Å². The second kappa shape index (κ2) is 8.22. The smallest absolute Gasteiger partial charge is 0.358 e. The summed E-state index contributed by atoms with van der Waals surface area (Å²) in [5.74, 6) is -2.45. The van der Waals surface area contributed by atoms with E-state index in [0.717, 1.165) is 0 Å². The van der Waals surface area contributed by atoms with E-state index in [2.05, 4.69) is 5.32 Å². The lowest BCUT2D eigenvalue weighted by molar-refractivity contribution is -0.175. The summed E-state index contributed by atoms with van der Waals surface area (Å²) in [4.78, 5) is 51.0. The van der Waals surface area contributed by atoms with Crippen LogP contribution in [0.15, 0.2) is 10.6 Å². The number of esters is 2. The van der Waals surface area contributed by atoms with Gasteiger partial charge in [-0.2, -0.15) is 0 Å². The Morgan fingerprint density at radius 2 is 1.97 bits per heavy atom. The number of nitrogens with one attached hydrogen (secondary N) is 1. The molecule has 0 bridgehead atoms. The maximum atomic E-state index is 12.9. The number of rotatable bonds is 6. The molecule has 5 atom stereocenters.